The zero-order chi connectivity index (χ0) is 11.5. The Morgan fingerprint density at radius 3 is 2.56 bits per heavy atom. The number of rotatable bonds is 3. The van der Waals surface area contributed by atoms with E-state index in [1.54, 1.807) is 0 Å². The van der Waals surface area contributed by atoms with E-state index < -0.39 is 0 Å². The summed E-state index contributed by atoms with van der Waals surface area (Å²) in [6, 6.07) is 8.96. The quantitative estimate of drug-likeness (QED) is 0.845. The molecule has 2 heteroatoms. The fourth-order valence-corrected chi connectivity index (χ4v) is 2.34. The molecule has 2 atom stereocenters. The number of hydrogen-bond acceptors (Lipinski definition) is 2. The molecule has 0 saturated carbocycles. The Kier molecular flexibility index (Phi) is 3.49. The van der Waals surface area contributed by atoms with Crippen LogP contribution in [0.4, 0.5) is 5.69 Å². The lowest BCUT2D eigenvalue weighted by Crippen LogP contribution is -2.19. The zero-order valence-corrected chi connectivity index (χ0v) is 10.3. The molecule has 2 nitrogen and oxygen atoms in total. The Hall–Kier alpha value is -1.02. The summed E-state index contributed by atoms with van der Waals surface area (Å²) in [4.78, 5) is 2.46. The van der Waals surface area contributed by atoms with Crippen molar-refractivity contribution >= 4 is 5.69 Å². The summed E-state index contributed by atoms with van der Waals surface area (Å²) < 4.78 is 0. The van der Waals surface area contributed by atoms with Crippen molar-refractivity contribution in [3.8, 4) is 0 Å². The monoisotopic (exact) mass is 218 g/mol. The van der Waals surface area contributed by atoms with Crippen LogP contribution < -0.4 is 10.6 Å². The van der Waals surface area contributed by atoms with E-state index in [-0.39, 0.29) is 6.04 Å². The maximum Gasteiger partial charge on any atom is 0.0366 e. The minimum atomic E-state index is 0.187. The maximum absolute atomic E-state index is 6.01. The van der Waals surface area contributed by atoms with Gasteiger partial charge < -0.3 is 10.6 Å². The van der Waals surface area contributed by atoms with Gasteiger partial charge in [0.15, 0.2) is 0 Å². The summed E-state index contributed by atoms with van der Waals surface area (Å²) in [6.07, 6.45) is 2.32. The predicted molar refractivity (Wildman–Crippen MR) is 69.7 cm³/mol. The highest BCUT2D eigenvalue weighted by atomic mass is 15.1. The first-order valence-corrected chi connectivity index (χ1v) is 6.31. The van der Waals surface area contributed by atoms with Crippen LogP contribution in [0.1, 0.15) is 38.3 Å². The third kappa shape index (κ3) is 2.38. The Morgan fingerprint density at radius 1 is 1.38 bits per heavy atom. The lowest BCUT2D eigenvalue weighted by atomic mass is 10.1. The fraction of sp³-hybridized carbons (Fsp3) is 0.571. The van der Waals surface area contributed by atoms with Gasteiger partial charge in [-0.2, -0.15) is 0 Å². The van der Waals surface area contributed by atoms with E-state index in [0.717, 1.165) is 12.3 Å². The molecule has 0 radical (unpaired) electrons. The molecule has 0 bridgehead atoms. The minimum absolute atomic E-state index is 0.187. The van der Waals surface area contributed by atoms with Gasteiger partial charge in [0.2, 0.25) is 0 Å². The van der Waals surface area contributed by atoms with Crippen molar-refractivity contribution in [2.24, 2.45) is 11.7 Å². The third-order valence-electron chi connectivity index (χ3n) is 3.55. The van der Waals surface area contributed by atoms with Crippen LogP contribution in [0.2, 0.25) is 0 Å². The molecular formula is C14H22N2. The number of nitrogens with zero attached hydrogens (tertiary/aromatic N) is 1. The second-order valence-corrected chi connectivity index (χ2v) is 4.95. The molecule has 1 fully saturated rings. The normalized spacial score (nSPS) is 22.4. The molecule has 1 aromatic rings. The van der Waals surface area contributed by atoms with Crippen LogP contribution >= 0.6 is 0 Å². The first-order valence-electron chi connectivity index (χ1n) is 6.31. The Morgan fingerprint density at radius 2 is 2.06 bits per heavy atom. The van der Waals surface area contributed by atoms with Crippen LogP contribution in [0.25, 0.3) is 0 Å². The average Bonchev–Trinajstić information content (AvgIpc) is 2.75. The summed E-state index contributed by atoms with van der Waals surface area (Å²) in [5.74, 6) is 0.831. The van der Waals surface area contributed by atoms with Gasteiger partial charge in [0.1, 0.15) is 0 Å². The van der Waals surface area contributed by atoms with E-state index >= 15 is 0 Å². The van der Waals surface area contributed by atoms with Gasteiger partial charge in [-0.15, -0.1) is 0 Å². The van der Waals surface area contributed by atoms with Crippen LogP contribution in [0, 0.1) is 5.92 Å². The van der Waals surface area contributed by atoms with E-state index in [1.165, 1.54) is 30.8 Å². The van der Waals surface area contributed by atoms with E-state index in [9.17, 15) is 0 Å². The molecule has 0 spiro atoms. The summed E-state index contributed by atoms with van der Waals surface area (Å²) >= 11 is 0. The molecular weight excluding hydrogens is 196 g/mol. The van der Waals surface area contributed by atoms with Crippen LogP contribution in [-0.4, -0.2) is 13.1 Å². The first kappa shape index (κ1) is 11.5. The minimum Gasteiger partial charge on any atom is -0.371 e. The predicted octanol–water partition coefficient (Wildman–Crippen LogP) is 2.94. The second kappa shape index (κ2) is 4.88. The zero-order valence-electron chi connectivity index (χ0n) is 10.3. The molecule has 0 aromatic heterocycles. The van der Waals surface area contributed by atoms with Gasteiger partial charge in [-0.3, -0.25) is 0 Å². The molecule has 1 aliphatic rings. The van der Waals surface area contributed by atoms with Gasteiger partial charge in [0.05, 0.1) is 0 Å². The maximum atomic E-state index is 6.01. The van der Waals surface area contributed by atoms with Crippen molar-refractivity contribution in [1.29, 1.82) is 0 Å². The van der Waals surface area contributed by atoms with Gasteiger partial charge in [0.25, 0.3) is 0 Å². The Labute approximate surface area is 98.4 Å². The van der Waals surface area contributed by atoms with Crippen molar-refractivity contribution in [3.05, 3.63) is 29.8 Å². The number of anilines is 1. The van der Waals surface area contributed by atoms with Gasteiger partial charge in [0, 0.05) is 24.8 Å². The summed E-state index contributed by atoms with van der Waals surface area (Å²) in [6.45, 7) is 6.83. The molecule has 16 heavy (non-hydrogen) atoms. The smallest absolute Gasteiger partial charge is 0.0366 e. The molecule has 1 aliphatic heterocycles. The van der Waals surface area contributed by atoms with Crippen molar-refractivity contribution in [1.82, 2.24) is 0 Å². The average molecular weight is 218 g/mol. The highest BCUT2D eigenvalue weighted by molar-refractivity contribution is 5.48. The molecule has 0 aliphatic carbocycles. The van der Waals surface area contributed by atoms with Crippen molar-refractivity contribution in [2.75, 3.05) is 18.0 Å². The molecule has 1 aromatic carbocycles. The van der Waals surface area contributed by atoms with Crippen LogP contribution in [0.15, 0.2) is 24.3 Å². The van der Waals surface area contributed by atoms with Gasteiger partial charge in [-0.1, -0.05) is 26.0 Å². The molecule has 1 saturated heterocycles. The molecule has 88 valence electrons. The summed E-state index contributed by atoms with van der Waals surface area (Å²) in [7, 11) is 0. The SMILES string of the molecule is CCC(N)c1ccc(N2CCC(C)C2)cc1. The molecule has 2 N–H and O–H groups in total. The summed E-state index contributed by atoms with van der Waals surface area (Å²) in [5.41, 5.74) is 8.60. The molecule has 0 amide bonds. The van der Waals surface area contributed by atoms with E-state index in [4.69, 9.17) is 5.73 Å². The van der Waals surface area contributed by atoms with Crippen LogP contribution in [0.5, 0.6) is 0 Å². The van der Waals surface area contributed by atoms with E-state index in [1.807, 2.05) is 0 Å². The van der Waals surface area contributed by atoms with Gasteiger partial charge in [-0.25, -0.2) is 0 Å². The van der Waals surface area contributed by atoms with Crippen molar-refractivity contribution in [2.45, 2.75) is 32.7 Å². The number of hydrogen-bond donors (Lipinski definition) is 1. The number of nitrogens with two attached hydrogens (primary N) is 1. The lowest BCUT2D eigenvalue weighted by molar-refractivity contribution is 0.659. The fourth-order valence-electron chi connectivity index (χ4n) is 2.34. The standard InChI is InChI=1S/C14H22N2/c1-3-14(15)12-4-6-13(7-5-12)16-9-8-11(2)10-16/h4-7,11,14H,3,8-10,15H2,1-2H3. The van der Waals surface area contributed by atoms with Crippen molar-refractivity contribution in [3.63, 3.8) is 0 Å². The Bertz CT molecular complexity index is 331. The largest absolute Gasteiger partial charge is 0.371 e. The highest BCUT2D eigenvalue weighted by Crippen LogP contribution is 2.25. The van der Waals surface area contributed by atoms with E-state index in [2.05, 4.69) is 43.0 Å². The van der Waals surface area contributed by atoms with Gasteiger partial charge >= 0.3 is 0 Å². The van der Waals surface area contributed by atoms with Crippen molar-refractivity contribution < 1.29 is 0 Å². The molecule has 2 unspecified atom stereocenters. The summed E-state index contributed by atoms with van der Waals surface area (Å²) in [5, 5.41) is 0. The topological polar surface area (TPSA) is 29.3 Å². The van der Waals surface area contributed by atoms with Gasteiger partial charge in [-0.05, 0) is 36.5 Å². The highest BCUT2D eigenvalue weighted by Gasteiger charge is 2.18. The lowest BCUT2D eigenvalue weighted by Gasteiger charge is -2.19. The number of benzene rings is 1. The first-order chi connectivity index (χ1) is 7.70. The Balaban J connectivity index is 2.07. The second-order valence-electron chi connectivity index (χ2n) is 4.95. The molecule has 1 heterocycles. The third-order valence-corrected chi connectivity index (χ3v) is 3.55. The van der Waals surface area contributed by atoms with Crippen LogP contribution in [0.3, 0.4) is 0 Å². The van der Waals surface area contributed by atoms with E-state index in [0.29, 0.717) is 0 Å². The molecule has 2 rings (SSSR count). The van der Waals surface area contributed by atoms with Crippen LogP contribution in [-0.2, 0) is 0 Å².